The molecule has 5 heteroatoms. The number of hydrogen-bond acceptors (Lipinski definition) is 4. The van der Waals surface area contributed by atoms with Crippen molar-refractivity contribution in [3.63, 3.8) is 0 Å². The van der Waals surface area contributed by atoms with Gasteiger partial charge < -0.3 is 0 Å². The molecule has 0 aliphatic heterocycles. The van der Waals surface area contributed by atoms with Crippen LogP contribution in [0.3, 0.4) is 0 Å². The van der Waals surface area contributed by atoms with Gasteiger partial charge in [0.1, 0.15) is 11.8 Å². The molecule has 0 spiro atoms. The minimum Gasteiger partial charge on any atom is -0.236 e. The Morgan fingerprint density at radius 2 is 2.21 bits per heavy atom. The van der Waals surface area contributed by atoms with E-state index in [0.29, 0.717) is 15.9 Å². The number of hydrogen-bond donors (Lipinski definition) is 0. The van der Waals surface area contributed by atoms with Crippen molar-refractivity contribution >= 4 is 22.9 Å². The molecule has 0 unspecified atom stereocenters. The standard InChI is InChI=1S/C9H4ClN3S/c10-8-2-1-7(14-8)9-12-4-3-6(5-11)13-9/h1-4H. The summed E-state index contributed by atoms with van der Waals surface area (Å²) in [4.78, 5) is 8.98. The third kappa shape index (κ3) is 1.74. The number of aromatic nitrogens is 2. The molecule has 0 bridgehead atoms. The summed E-state index contributed by atoms with van der Waals surface area (Å²) in [6, 6.07) is 7.15. The first kappa shape index (κ1) is 9.13. The van der Waals surface area contributed by atoms with Crippen molar-refractivity contribution in [2.45, 2.75) is 0 Å². The van der Waals surface area contributed by atoms with E-state index in [-0.39, 0.29) is 0 Å². The molecule has 2 aromatic rings. The fourth-order valence-electron chi connectivity index (χ4n) is 0.974. The maximum absolute atomic E-state index is 8.65. The van der Waals surface area contributed by atoms with Gasteiger partial charge in [0.15, 0.2) is 5.82 Å². The van der Waals surface area contributed by atoms with Crippen LogP contribution in [-0.2, 0) is 0 Å². The molecule has 0 amide bonds. The van der Waals surface area contributed by atoms with Gasteiger partial charge in [-0.25, -0.2) is 9.97 Å². The van der Waals surface area contributed by atoms with Gasteiger partial charge in [-0.1, -0.05) is 11.6 Å². The molecule has 0 atom stereocenters. The average Bonchev–Trinajstić information content (AvgIpc) is 2.65. The Kier molecular flexibility index (Phi) is 2.44. The minimum absolute atomic E-state index is 0.361. The second-order valence-electron chi connectivity index (χ2n) is 2.48. The van der Waals surface area contributed by atoms with Crippen LogP contribution in [0.2, 0.25) is 4.34 Å². The maximum atomic E-state index is 8.65. The van der Waals surface area contributed by atoms with E-state index in [4.69, 9.17) is 16.9 Å². The molecule has 0 N–H and O–H groups in total. The van der Waals surface area contributed by atoms with E-state index < -0.39 is 0 Å². The lowest BCUT2D eigenvalue weighted by Gasteiger charge is -1.94. The summed E-state index contributed by atoms with van der Waals surface area (Å²) in [5, 5.41) is 8.65. The van der Waals surface area contributed by atoms with Crippen LogP contribution in [0.25, 0.3) is 10.7 Å². The van der Waals surface area contributed by atoms with Gasteiger partial charge in [0.05, 0.1) is 9.21 Å². The Balaban J connectivity index is 2.47. The zero-order valence-corrected chi connectivity index (χ0v) is 8.51. The molecule has 0 saturated carbocycles. The van der Waals surface area contributed by atoms with Crippen molar-refractivity contribution in [3.05, 3.63) is 34.4 Å². The van der Waals surface area contributed by atoms with E-state index in [0.717, 1.165) is 4.88 Å². The Hall–Kier alpha value is -1.44. The SMILES string of the molecule is N#Cc1ccnc(-c2ccc(Cl)s2)n1. The van der Waals surface area contributed by atoms with Gasteiger partial charge in [0, 0.05) is 6.20 Å². The summed E-state index contributed by atoms with van der Waals surface area (Å²) in [5.74, 6) is 0.543. The third-order valence-electron chi connectivity index (χ3n) is 1.56. The van der Waals surface area contributed by atoms with Crippen LogP contribution in [0.4, 0.5) is 0 Å². The zero-order chi connectivity index (χ0) is 9.97. The predicted molar refractivity (Wildman–Crippen MR) is 55.1 cm³/mol. The van der Waals surface area contributed by atoms with Gasteiger partial charge in [0.25, 0.3) is 0 Å². The van der Waals surface area contributed by atoms with Gasteiger partial charge in [-0.05, 0) is 18.2 Å². The number of halogens is 1. The molecular weight excluding hydrogens is 218 g/mol. The van der Waals surface area contributed by atoms with Crippen molar-refractivity contribution in [2.75, 3.05) is 0 Å². The number of nitriles is 1. The highest BCUT2D eigenvalue weighted by atomic mass is 35.5. The van der Waals surface area contributed by atoms with Crippen molar-refractivity contribution in [1.29, 1.82) is 5.26 Å². The largest absolute Gasteiger partial charge is 0.236 e. The smallest absolute Gasteiger partial charge is 0.170 e. The minimum atomic E-state index is 0.361. The molecule has 0 saturated heterocycles. The molecule has 0 aliphatic rings. The van der Waals surface area contributed by atoms with Gasteiger partial charge in [0.2, 0.25) is 0 Å². The third-order valence-corrected chi connectivity index (χ3v) is 2.79. The van der Waals surface area contributed by atoms with Crippen molar-refractivity contribution in [1.82, 2.24) is 9.97 Å². The van der Waals surface area contributed by atoms with E-state index in [1.165, 1.54) is 11.3 Å². The van der Waals surface area contributed by atoms with E-state index in [9.17, 15) is 0 Å². The van der Waals surface area contributed by atoms with Gasteiger partial charge in [-0.3, -0.25) is 0 Å². The first-order chi connectivity index (χ1) is 6.79. The molecule has 0 aromatic carbocycles. The molecular formula is C9H4ClN3S. The summed E-state index contributed by atoms with van der Waals surface area (Å²) in [6.45, 7) is 0. The van der Waals surface area contributed by atoms with Crippen LogP contribution < -0.4 is 0 Å². The van der Waals surface area contributed by atoms with Gasteiger partial charge in [-0.15, -0.1) is 11.3 Å². The second kappa shape index (κ2) is 3.74. The topological polar surface area (TPSA) is 49.6 Å². The Bertz CT molecular complexity index is 501. The number of nitrogens with zero attached hydrogens (tertiary/aromatic N) is 3. The molecule has 2 aromatic heterocycles. The highest BCUT2D eigenvalue weighted by Gasteiger charge is 2.04. The summed E-state index contributed by atoms with van der Waals surface area (Å²) in [7, 11) is 0. The monoisotopic (exact) mass is 221 g/mol. The maximum Gasteiger partial charge on any atom is 0.170 e. The molecule has 0 fully saturated rings. The summed E-state index contributed by atoms with van der Waals surface area (Å²) < 4.78 is 0.686. The van der Waals surface area contributed by atoms with E-state index >= 15 is 0 Å². The van der Waals surface area contributed by atoms with Crippen molar-refractivity contribution < 1.29 is 0 Å². The second-order valence-corrected chi connectivity index (χ2v) is 4.20. The molecule has 0 radical (unpaired) electrons. The average molecular weight is 222 g/mol. The van der Waals surface area contributed by atoms with Crippen LogP contribution in [0.1, 0.15) is 5.69 Å². The first-order valence-corrected chi connectivity index (χ1v) is 4.98. The molecule has 2 heterocycles. The molecule has 0 aliphatic carbocycles. The van der Waals surface area contributed by atoms with Crippen LogP contribution in [-0.4, -0.2) is 9.97 Å². The first-order valence-electron chi connectivity index (χ1n) is 3.78. The quantitative estimate of drug-likeness (QED) is 0.744. The Morgan fingerprint density at radius 3 is 2.86 bits per heavy atom. The summed E-state index contributed by atoms with van der Waals surface area (Å²) in [5.41, 5.74) is 0.361. The van der Waals surface area contributed by atoms with E-state index in [2.05, 4.69) is 9.97 Å². The number of thiophene rings is 1. The Labute approximate surface area is 89.6 Å². The lowest BCUT2D eigenvalue weighted by Crippen LogP contribution is -1.88. The predicted octanol–water partition coefficient (Wildman–Crippen LogP) is 2.73. The number of rotatable bonds is 1. The van der Waals surface area contributed by atoms with Crippen LogP contribution in [0, 0.1) is 11.3 Å². The molecule has 3 nitrogen and oxygen atoms in total. The van der Waals surface area contributed by atoms with Gasteiger partial charge >= 0.3 is 0 Å². The zero-order valence-electron chi connectivity index (χ0n) is 6.94. The molecule has 14 heavy (non-hydrogen) atoms. The summed E-state index contributed by atoms with van der Waals surface area (Å²) in [6.07, 6.45) is 1.56. The fourth-order valence-corrected chi connectivity index (χ4v) is 1.96. The lowest BCUT2D eigenvalue weighted by molar-refractivity contribution is 1.16. The van der Waals surface area contributed by atoms with E-state index in [1.807, 2.05) is 12.1 Å². The van der Waals surface area contributed by atoms with Crippen LogP contribution in [0.5, 0.6) is 0 Å². The fraction of sp³-hybridized carbons (Fsp3) is 0. The van der Waals surface area contributed by atoms with Crippen molar-refractivity contribution in [2.24, 2.45) is 0 Å². The highest BCUT2D eigenvalue weighted by Crippen LogP contribution is 2.28. The van der Waals surface area contributed by atoms with Crippen LogP contribution >= 0.6 is 22.9 Å². The molecule has 2 rings (SSSR count). The normalized spacial score (nSPS) is 9.71. The van der Waals surface area contributed by atoms with Crippen molar-refractivity contribution in [3.8, 4) is 16.8 Å². The lowest BCUT2D eigenvalue weighted by atomic mass is 10.4. The Morgan fingerprint density at radius 1 is 1.36 bits per heavy atom. The molecule has 68 valence electrons. The van der Waals surface area contributed by atoms with E-state index in [1.54, 1.807) is 18.3 Å². The van der Waals surface area contributed by atoms with Crippen LogP contribution in [0.15, 0.2) is 24.4 Å². The highest BCUT2D eigenvalue weighted by molar-refractivity contribution is 7.19. The summed E-state index contributed by atoms with van der Waals surface area (Å²) >= 11 is 7.17. The van der Waals surface area contributed by atoms with Gasteiger partial charge in [-0.2, -0.15) is 5.26 Å².